The van der Waals surface area contributed by atoms with Gasteiger partial charge in [-0.1, -0.05) is 221 Å². The van der Waals surface area contributed by atoms with Crippen LogP contribution in [0.5, 0.6) is 0 Å². The Balaban J connectivity index is 0.000000267. The Morgan fingerprint density at radius 2 is 0.719 bits per heavy atom. The maximum absolute atomic E-state index is 14.6. The van der Waals surface area contributed by atoms with Crippen LogP contribution in [-0.4, -0.2) is 254 Å². The van der Waals surface area contributed by atoms with E-state index in [4.69, 9.17) is 0 Å². The highest BCUT2D eigenvalue weighted by atomic mass is 16.2. The van der Waals surface area contributed by atoms with Crippen molar-refractivity contribution < 1.29 is 86.3 Å². The maximum atomic E-state index is 14.6. The predicted octanol–water partition coefficient (Wildman–Crippen LogP) is 7.58. The van der Waals surface area contributed by atoms with Crippen molar-refractivity contribution in [2.45, 2.75) is 378 Å². The van der Waals surface area contributed by atoms with E-state index < -0.39 is 195 Å². The second-order valence-corrected chi connectivity index (χ2v) is 43.9. The Hall–Kier alpha value is -12.5. The third-order valence-corrected chi connectivity index (χ3v) is 29.2. The van der Waals surface area contributed by atoms with Crippen LogP contribution in [-0.2, 0) is 84.9 Å². The molecule has 0 spiro atoms. The summed E-state index contributed by atoms with van der Waals surface area (Å²) in [6.07, 6.45) is 24.2. The number of carbonyl (C=O) groups is 18. The predicted molar refractivity (Wildman–Crippen MR) is 547 cm³/mol. The number of likely N-dealkylation sites (tertiary alicyclic amines) is 2. The lowest BCUT2D eigenvalue weighted by atomic mass is 9.83. The number of nitrogens with one attached hydrogen (secondary N) is 12. The van der Waals surface area contributed by atoms with E-state index in [1.807, 2.05) is 184 Å². The first-order valence-electron chi connectivity index (χ1n) is 52.4. The summed E-state index contributed by atoms with van der Waals surface area (Å²) < 4.78 is 0. The summed E-state index contributed by atoms with van der Waals surface area (Å²) in [7, 11) is 0. The number of nitrogens with zero attached hydrogens (tertiary/aromatic N) is 9. The van der Waals surface area contributed by atoms with Crippen LogP contribution in [0.1, 0.15) is 317 Å². The van der Waals surface area contributed by atoms with Crippen molar-refractivity contribution in [1.82, 2.24) is 108 Å². The first-order chi connectivity index (χ1) is 68.9. The molecule has 3 aromatic heterocycles. The smallest absolute Gasteiger partial charge is 0.289 e. The van der Waals surface area contributed by atoms with Crippen LogP contribution in [0, 0.1) is 63.6 Å². The summed E-state index contributed by atoms with van der Waals surface area (Å²) in [5.74, 6) is -11.1. The van der Waals surface area contributed by atoms with Gasteiger partial charge in [0.05, 0.1) is 36.7 Å². The lowest BCUT2D eigenvalue weighted by Gasteiger charge is -2.41. The van der Waals surface area contributed by atoms with E-state index in [1.54, 1.807) is 9.80 Å². The average Bonchev–Trinajstić information content (AvgIpc) is 1.68. The van der Waals surface area contributed by atoms with Crippen molar-refractivity contribution >= 4 is 106 Å². The van der Waals surface area contributed by atoms with E-state index >= 15 is 0 Å². The zero-order valence-electron chi connectivity index (χ0n) is 89.7. The fourth-order valence-corrected chi connectivity index (χ4v) is 19.1. The van der Waals surface area contributed by atoms with Crippen molar-refractivity contribution in [2.24, 2.45) is 63.6 Å². The van der Waals surface area contributed by atoms with Gasteiger partial charge in [0.2, 0.25) is 70.5 Å². The molecule has 6 aliphatic rings. The van der Waals surface area contributed by atoms with Gasteiger partial charge in [-0.25, -0.2) is 15.0 Å². The van der Waals surface area contributed by atoms with Gasteiger partial charge >= 0.3 is 0 Å². The molecule has 3 saturated carbocycles. The van der Waals surface area contributed by atoms with Gasteiger partial charge in [-0.05, 0) is 153 Å². The molecule has 0 radical (unpaired) electrons. The molecule has 5 fully saturated rings. The van der Waals surface area contributed by atoms with Gasteiger partial charge in [0, 0.05) is 81.4 Å². The highest BCUT2D eigenvalue weighted by molar-refractivity contribution is 6.39. The first-order valence-corrected chi connectivity index (χ1v) is 52.4. The van der Waals surface area contributed by atoms with E-state index in [1.165, 1.54) is 60.7 Å². The van der Waals surface area contributed by atoms with Gasteiger partial charge in [0.15, 0.2) is 0 Å². The van der Waals surface area contributed by atoms with Gasteiger partial charge in [-0.3, -0.25) is 101 Å². The van der Waals surface area contributed by atoms with Crippen LogP contribution in [0.4, 0.5) is 0 Å². The van der Waals surface area contributed by atoms with Crippen LogP contribution in [0.2, 0.25) is 0 Å². The molecule has 0 bridgehead atoms. The zero-order chi connectivity index (χ0) is 108. The van der Waals surface area contributed by atoms with Crippen molar-refractivity contribution in [1.29, 1.82) is 0 Å². The van der Waals surface area contributed by atoms with Crippen molar-refractivity contribution in [3.8, 4) is 0 Å². The van der Waals surface area contributed by atoms with Crippen LogP contribution in [0.15, 0.2) is 80.0 Å². The molecule has 10 rings (SSSR count). The standard InChI is InChI=1S/C36H49N7O6.C36H57N7O6.C35H55N7O6/c1-7-11-25(29(44)34(48)39-24-14-15-24)40-32(46)27-18-22-12-9-10-13-23(22)20-43(27)35(49)30(36(4,5)6)42-33(47)28(21(3)8-2)41-31(45)26-19-37-16-17-38-26;1-10-13-25(29(44)34(48)39-22(6)20(3)4)40-33(47)28-24-15-12-14-23(24)19-43(28)35(49)30(36(7,8)9)42-32(46)27(21(5)11-2)41-31(45)26-18-37-16-17-38-26;1-9-13-24(28(43)33(47)38-21(5)11-3)39-32(46)27-23-15-12-14-22(23)19-42(27)34(48)29(35(6,7)8)41-31(45)26(20(4)10-2)40-30(44)25-18-36-16-17-37-25/h9-10,12-13,16-17,19,21,24-25,27-28,30H,7-8,11,14-15,18,20H2,1-6H3,(H,39,48)(H,40,46)(H,41,45)(H,42,47);16-18,20-25,27-28,30H,10-15,19H2,1-9H3,(H,39,48)(H,40,47)(H,41,45)(H,42,46);16-18,20-24,26-27,29H,9-15,19H2,1-8H3,(H,38,47)(H,39,46)(H,40,44)(H,41,45)/t21-,25-,27-,28-,30+;21-,22-,23-,24-,25-,27-,28-,30+;20-,21-,22-,23-,24-,26-,27-,29+/m000/s1. The monoisotopic (exact) mass is 2030 g/mol. The third kappa shape index (κ3) is 32.0. The molecule has 12 N–H and O–H groups in total. The first kappa shape index (κ1) is 119. The highest BCUT2D eigenvalue weighted by Gasteiger charge is 2.56. The molecule has 4 aromatic rings. The molecule has 146 heavy (non-hydrogen) atoms. The van der Waals surface area contributed by atoms with Gasteiger partial charge < -0.3 is 78.5 Å². The molecule has 2 saturated heterocycles. The Kier molecular flexibility index (Phi) is 44.1. The minimum absolute atomic E-state index is 0.0119. The van der Waals surface area contributed by atoms with Gasteiger partial charge in [0.25, 0.3) is 35.4 Å². The Labute approximate surface area is 859 Å². The van der Waals surface area contributed by atoms with Crippen LogP contribution in [0.25, 0.3) is 0 Å². The molecule has 39 nitrogen and oxygen atoms in total. The summed E-state index contributed by atoms with van der Waals surface area (Å²) in [5.41, 5.74) is -0.386. The number of amides is 15. The molecule has 21 atom stereocenters. The Morgan fingerprint density at radius 1 is 0.377 bits per heavy atom. The minimum atomic E-state index is -1.09. The summed E-state index contributed by atoms with van der Waals surface area (Å²) in [6, 6.07) is -4.74. The highest BCUT2D eigenvalue weighted by Crippen LogP contribution is 2.45. The van der Waals surface area contributed by atoms with Crippen LogP contribution >= 0.6 is 0 Å². The van der Waals surface area contributed by atoms with E-state index in [9.17, 15) is 86.3 Å². The molecule has 3 aliphatic carbocycles. The second-order valence-electron chi connectivity index (χ2n) is 43.9. The molecule has 3 aliphatic heterocycles. The molecule has 39 heteroatoms. The number of hydrogen-bond acceptors (Lipinski definition) is 24. The SMILES string of the molecule is CCC[C@H](NC(=O)[C@@H]1Cc2ccccc2CN1C(=O)[C@@H](NC(=O)[C@@H](NC(=O)c1cnccn1)[C@@H](C)CC)C(C)(C)C)C(=O)C(=O)NC1CC1.CCC[C@H](NC(=O)[C@@H]1[C@H]2CCC[C@H]2CN1C(=O)[C@@H](NC(=O)[C@@H](NC(=O)c1cnccn1)[C@@H](C)CC)C(C)(C)C)C(=O)C(=O)N[C@@H](C)C(C)C.CCC[C@H](NC(=O)[C@@H]1[C@H]2CCC[C@H]2CN1C(=O)[C@@H](NC(=O)[C@@H](NC(=O)c1cnccn1)[C@@H](C)CC)C(C)(C)C)C(=O)C(=O)N[C@@H](C)CC. The summed E-state index contributed by atoms with van der Waals surface area (Å²) in [4.78, 5) is 273. The number of carbonyl (C=O) groups excluding carboxylic acids is 18. The zero-order valence-corrected chi connectivity index (χ0v) is 89.7. The van der Waals surface area contributed by atoms with Crippen molar-refractivity contribution in [2.75, 3.05) is 13.1 Å². The van der Waals surface area contributed by atoms with E-state index in [0.717, 1.165) is 62.5 Å². The molecule has 6 heterocycles. The Morgan fingerprint density at radius 3 is 1.04 bits per heavy atom. The average molecular weight is 2030 g/mol. The quantitative estimate of drug-likeness (QED) is 0.0190. The summed E-state index contributed by atoms with van der Waals surface area (Å²) in [6.45, 7) is 43.5. The number of fused-ring (bicyclic) bond motifs is 3. The van der Waals surface area contributed by atoms with Crippen LogP contribution < -0.4 is 63.8 Å². The molecular weight excluding hydrogens is 1870 g/mol. The maximum Gasteiger partial charge on any atom is 0.289 e. The Bertz CT molecular complexity index is 5200. The fourth-order valence-electron chi connectivity index (χ4n) is 19.1. The number of Topliss-reactive ketones (excluding diaryl/α,β-unsaturated/α-hetero) is 3. The molecular formula is C107H161N21O18. The normalized spacial score (nSPS) is 20.7. The van der Waals surface area contributed by atoms with Crippen LogP contribution in [0.3, 0.4) is 0 Å². The lowest BCUT2D eigenvalue weighted by Crippen LogP contribution is -2.63. The molecule has 1 aromatic carbocycles. The number of ketones is 3. The number of benzene rings is 1. The second kappa shape index (κ2) is 54.3. The van der Waals surface area contributed by atoms with Crippen molar-refractivity contribution in [3.63, 3.8) is 0 Å². The van der Waals surface area contributed by atoms with E-state index in [-0.39, 0.29) is 115 Å². The largest absolute Gasteiger partial charge is 0.347 e. The van der Waals surface area contributed by atoms with Gasteiger partial charge in [-0.2, -0.15) is 0 Å². The fraction of sp³-hybridized carbons (Fsp3) is 0.664. The third-order valence-electron chi connectivity index (χ3n) is 29.2. The van der Waals surface area contributed by atoms with E-state index in [2.05, 4.69) is 93.7 Å². The van der Waals surface area contributed by atoms with Gasteiger partial charge in [0.1, 0.15) is 71.5 Å². The summed E-state index contributed by atoms with van der Waals surface area (Å²) in [5, 5.41) is 33.7. The topological polar surface area (TPSA) is 539 Å². The minimum Gasteiger partial charge on any atom is -0.347 e. The molecule has 802 valence electrons. The number of aromatic nitrogens is 6. The number of rotatable bonds is 44. The number of hydrogen-bond donors (Lipinski definition) is 12. The lowest BCUT2D eigenvalue weighted by molar-refractivity contribution is -0.148. The van der Waals surface area contributed by atoms with Crippen molar-refractivity contribution in [3.05, 3.63) is 108 Å². The molecule has 15 amide bonds. The van der Waals surface area contributed by atoms with E-state index in [0.29, 0.717) is 58.0 Å². The molecule has 0 unspecified atom stereocenters. The van der Waals surface area contributed by atoms with Gasteiger partial charge in [-0.15, -0.1) is 0 Å². The summed E-state index contributed by atoms with van der Waals surface area (Å²) >= 11 is 0.